The van der Waals surface area contributed by atoms with Crippen LogP contribution in [-0.4, -0.2) is 36.3 Å². The number of pyridine rings is 1. The van der Waals surface area contributed by atoms with Gasteiger partial charge in [0.2, 0.25) is 0 Å². The van der Waals surface area contributed by atoms with E-state index in [1.165, 1.54) is 0 Å². The largest absolute Gasteiger partial charge is 0.347 e. The molecule has 1 aliphatic rings. The molecule has 0 saturated carbocycles. The normalized spacial score (nSPS) is 16.5. The Balaban J connectivity index is 1.50. The van der Waals surface area contributed by atoms with Crippen molar-refractivity contribution >= 4 is 5.91 Å². The van der Waals surface area contributed by atoms with Crippen molar-refractivity contribution in [2.75, 3.05) is 0 Å². The van der Waals surface area contributed by atoms with Gasteiger partial charge in [-0.15, -0.1) is 0 Å². The highest BCUT2D eigenvalue weighted by atomic mass is 16.1. The van der Waals surface area contributed by atoms with E-state index in [0.29, 0.717) is 11.4 Å². The Morgan fingerprint density at radius 2 is 2.20 bits per heavy atom. The smallest absolute Gasteiger partial charge is 0.255 e. The molecule has 4 rings (SSSR count). The van der Waals surface area contributed by atoms with E-state index in [2.05, 4.69) is 25.0 Å². The zero-order valence-corrected chi connectivity index (χ0v) is 14.3. The highest BCUT2D eigenvalue weighted by Gasteiger charge is 2.23. The van der Waals surface area contributed by atoms with E-state index >= 15 is 0 Å². The molecule has 3 aromatic rings. The van der Waals surface area contributed by atoms with E-state index in [1.54, 1.807) is 17.1 Å². The number of carbonyl (C=O) groups excluding carboxylic acids is 1. The van der Waals surface area contributed by atoms with Crippen molar-refractivity contribution in [1.82, 2.24) is 29.6 Å². The van der Waals surface area contributed by atoms with E-state index in [9.17, 15) is 4.79 Å². The maximum absolute atomic E-state index is 12.7. The van der Waals surface area contributed by atoms with E-state index in [4.69, 9.17) is 0 Å². The Hall–Kier alpha value is -2.96. The fourth-order valence-corrected chi connectivity index (χ4v) is 3.31. The van der Waals surface area contributed by atoms with Gasteiger partial charge in [0.25, 0.3) is 5.91 Å². The Labute approximate surface area is 145 Å². The zero-order chi connectivity index (χ0) is 17.4. The van der Waals surface area contributed by atoms with Crippen molar-refractivity contribution in [2.24, 2.45) is 0 Å². The van der Waals surface area contributed by atoms with Crippen LogP contribution in [0.15, 0.2) is 36.8 Å². The first-order valence-corrected chi connectivity index (χ1v) is 8.41. The van der Waals surface area contributed by atoms with Gasteiger partial charge in [0.05, 0.1) is 23.1 Å². The lowest BCUT2D eigenvalue weighted by molar-refractivity contribution is 0.0927. The number of aryl methyl sites for hydroxylation is 2. The molecule has 7 nitrogen and oxygen atoms in total. The molecule has 1 amide bonds. The summed E-state index contributed by atoms with van der Waals surface area (Å²) in [5.74, 6) is 1.71. The molecular weight excluding hydrogens is 316 g/mol. The van der Waals surface area contributed by atoms with Gasteiger partial charge in [0, 0.05) is 31.4 Å². The molecule has 0 aliphatic carbocycles. The van der Waals surface area contributed by atoms with Crippen LogP contribution in [0.5, 0.6) is 0 Å². The molecule has 1 aliphatic heterocycles. The van der Waals surface area contributed by atoms with Crippen LogP contribution in [-0.2, 0) is 13.0 Å². The number of fused-ring (bicyclic) bond motifs is 1. The number of carbonyl (C=O) groups is 1. The fourth-order valence-electron chi connectivity index (χ4n) is 3.31. The lowest BCUT2D eigenvalue weighted by Crippen LogP contribution is -2.41. The van der Waals surface area contributed by atoms with E-state index in [0.717, 1.165) is 36.6 Å². The molecule has 0 saturated heterocycles. The SMILES string of the molecule is Cc1cn2c(n1)CC[C@H](NC(=O)c1cnn(-c3ccccn3)c1C)C2. The van der Waals surface area contributed by atoms with Gasteiger partial charge in [0.1, 0.15) is 5.82 Å². The highest BCUT2D eigenvalue weighted by molar-refractivity contribution is 5.95. The van der Waals surface area contributed by atoms with Crippen LogP contribution < -0.4 is 5.32 Å². The third kappa shape index (κ3) is 2.93. The quantitative estimate of drug-likeness (QED) is 0.791. The molecule has 128 valence electrons. The van der Waals surface area contributed by atoms with Crippen LogP contribution in [0.3, 0.4) is 0 Å². The highest BCUT2D eigenvalue weighted by Crippen LogP contribution is 2.17. The molecule has 0 unspecified atom stereocenters. The maximum Gasteiger partial charge on any atom is 0.255 e. The minimum Gasteiger partial charge on any atom is -0.347 e. The Morgan fingerprint density at radius 1 is 1.32 bits per heavy atom. The maximum atomic E-state index is 12.7. The summed E-state index contributed by atoms with van der Waals surface area (Å²) in [5.41, 5.74) is 2.39. The lowest BCUT2D eigenvalue weighted by atomic mass is 10.1. The fraction of sp³-hybridized carbons (Fsp3) is 0.333. The summed E-state index contributed by atoms with van der Waals surface area (Å²) in [6.45, 7) is 4.64. The molecule has 0 fully saturated rings. The standard InChI is InChI=1S/C18H20N6O/c1-12-10-23-11-14(6-7-17(23)21-12)22-18(25)15-9-20-24(13(15)2)16-5-3-4-8-19-16/h3-5,8-10,14H,6-7,11H2,1-2H3,(H,22,25)/t14-/m0/s1. The number of imidazole rings is 1. The van der Waals surface area contributed by atoms with Gasteiger partial charge >= 0.3 is 0 Å². The topological polar surface area (TPSA) is 77.6 Å². The summed E-state index contributed by atoms with van der Waals surface area (Å²) in [7, 11) is 0. The van der Waals surface area contributed by atoms with Crippen LogP contribution in [0.1, 0.15) is 34.0 Å². The Kier molecular flexibility index (Phi) is 3.83. The molecule has 3 aromatic heterocycles. The average molecular weight is 336 g/mol. The van der Waals surface area contributed by atoms with Crippen LogP contribution >= 0.6 is 0 Å². The minimum absolute atomic E-state index is 0.0926. The lowest BCUT2D eigenvalue weighted by Gasteiger charge is -2.24. The van der Waals surface area contributed by atoms with Crippen LogP contribution in [0.2, 0.25) is 0 Å². The number of nitrogens with zero attached hydrogens (tertiary/aromatic N) is 5. The molecule has 0 radical (unpaired) electrons. The van der Waals surface area contributed by atoms with Gasteiger partial charge in [0.15, 0.2) is 5.82 Å². The molecule has 0 bridgehead atoms. The van der Waals surface area contributed by atoms with E-state index < -0.39 is 0 Å². The summed E-state index contributed by atoms with van der Waals surface area (Å²) in [6.07, 6.45) is 7.14. The van der Waals surface area contributed by atoms with Crippen molar-refractivity contribution < 1.29 is 4.79 Å². The third-order valence-corrected chi connectivity index (χ3v) is 4.57. The zero-order valence-electron chi connectivity index (χ0n) is 14.3. The molecule has 1 N–H and O–H groups in total. The van der Waals surface area contributed by atoms with Crippen molar-refractivity contribution in [2.45, 2.75) is 39.3 Å². The number of hydrogen-bond acceptors (Lipinski definition) is 4. The molecule has 0 aromatic carbocycles. The van der Waals surface area contributed by atoms with Crippen molar-refractivity contribution in [3.63, 3.8) is 0 Å². The van der Waals surface area contributed by atoms with Gasteiger partial charge in [-0.05, 0) is 32.4 Å². The van der Waals surface area contributed by atoms with Crippen LogP contribution in [0.4, 0.5) is 0 Å². The monoisotopic (exact) mass is 336 g/mol. The summed E-state index contributed by atoms with van der Waals surface area (Å²) in [6, 6.07) is 5.72. The molecule has 0 spiro atoms. The van der Waals surface area contributed by atoms with Gasteiger partial charge in [-0.1, -0.05) is 6.07 Å². The van der Waals surface area contributed by atoms with Crippen LogP contribution in [0.25, 0.3) is 5.82 Å². The first-order valence-electron chi connectivity index (χ1n) is 8.41. The average Bonchev–Trinajstić information content (AvgIpc) is 3.17. The van der Waals surface area contributed by atoms with Crippen molar-refractivity contribution in [3.8, 4) is 5.82 Å². The summed E-state index contributed by atoms with van der Waals surface area (Å²) in [5, 5.41) is 7.45. The summed E-state index contributed by atoms with van der Waals surface area (Å²) >= 11 is 0. The molecular formula is C18H20N6O. The number of nitrogens with one attached hydrogen (secondary N) is 1. The predicted octanol–water partition coefficient (Wildman–Crippen LogP) is 1.83. The molecule has 7 heteroatoms. The third-order valence-electron chi connectivity index (χ3n) is 4.57. The molecule has 25 heavy (non-hydrogen) atoms. The Bertz CT molecular complexity index is 911. The van der Waals surface area contributed by atoms with Crippen LogP contribution in [0, 0.1) is 13.8 Å². The number of hydrogen-bond donors (Lipinski definition) is 1. The second-order valence-electron chi connectivity index (χ2n) is 6.40. The number of amides is 1. The molecule has 1 atom stereocenters. The predicted molar refractivity (Wildman–Crippen MR) is 92.6 cm³/mol. The van der Waals surface area contributed by atoms with Gasteiger partial charge in [-0.2, -0.15) is 5.10 Å². The number of aromatic nitrogens is 5. The first-order chi connectivity index (χ1) is 12.1. The van der Waals surface area contributed by atoms with Crippen molar-refractivity contribution in [3.05, 3.63) is 59.6 Å². The first kappa shape index (κ1) is 15.6. The van der Waals surface area contributed by atoms with Gasteiger partial charge in [-0.3, -0.25) is 4.79 Å². The second-order valence-corrected chi connectivity index (χ2v) is 6.40. The Morgan fingerprint density at radius 3 is 3.00 bits per heavy atom. The minimum atomic E-state index is -0.0926. The summed E-state index contributed by atoms with van der Waals surface area (Å²) < 4.78 is 3.82. The van der Waals surface area contributed by atoms with Gasteiger partial charge in [-0.25, -0.2) is 14.6 Å². The second kappa shape index (κ2) is 6.16. The van der Waals surface area contributed by atoms with E-state index in [1.807, 2.05) is 38.2 Å². The van der Waals surface area contributed by atoms with Gasteiger partial charge < -0.3 is 9.88 Å². The van der Waals surface area contributed by atoms with E-state index in [-0.39, 0.29) is 11.9 Å². The van der Waals surface area contributed by atoms with Crippen molar-refractivity contribution in [1.29, 1.82) is 0 Å². The molecule has 4 heterocycles. The number of rotatable bonds is 3. The summed E-state index contributed by atoms with van der Waals surface area (Å²) in [4.78, 5) is 21.5.